The van der Waals surface area contributed by atoms with Gasteiger partial charge in [-0.3, -0.25) is 19.1 Å². The molecule has 1 atom stereocenters. The summed E-state index contributed by atoms with van der Waals surface area (Å²) >= 11 is 0. The number of fused-ring (bicyclic) bond motifs is 2. The number of likely N-dealkylation sites (tertiary alicyclic amines) is 2. The Kier molecular flexibility index (Phi) is 12.7. The highest BCUT2D eigenvalue weighted by Gasteiger charge is 2.37. The molecule has 58 heavy (non-hydrogen) atoms. The average molecular weight is 802 g/mol. The Bertz CT molecular complexity index is 2060. The molecule has 1 aromatic heterocycles. The molecule has 7 rings (SSSR count). The van der Waals surface area contributed by atoms with Crippen molar-refractivity contribution in [3.8, 4) is 0 Å². The highest BCUT2D eigenvalue weighted by atomic mass is 16.6. The normalized spacial score (nSPS) is 19.1. The topological polar surface area (TPSA) is 167 Å². The molecule has 3 saturated heterocycles. The largest absolute Gasteiger partial charge is 0.459 e. The third kappa shape index (κ3) is 9.01. The zero-order valence-electron chi connectivity index (χ0n) is 33.8. The number of amides is 5. The van der Waals surface area contributed by atoms with Gasteiger partial charge in [0.25, 0.3) is 5.91 Å². The van der Waals surface area contributed by atoms with Gasteiger partial charge in [-0.05, 0) is 74.3 Å². The van der Waals surface area contributed by atoms with E-state index in [4.69, 9.17) is 13.9 Å². The number of unbranched alkanes of at least 4 members (excludes halogenated alkanes) is 1. The van der Waals surface area contributed by atoms with Crippen LogP contribution in [-0.2, 0) is 43.7 Å². The molecule has 4 aliphatic heterocycles. The Morgan fingerprint density at radius 1 is 0.862 bits per heavy atom. The fraction of sp³-hybridized carbons (Fsp3) is 0.571. The van der Waals surface area contributed by atoms with Gasteiger partial charge in [-0.1, -0.05) is 37.6 Å². The number of aryl methyl sites for hydroxylation is 2. The Hall–Kier alpha value is -5.38. The molecule has 3 fully saturated rings. The molecule has 0 saturated carbocycles. The van der Waals surface area contributed by atoms with Crippen molar-refractivity contribution >= 4 is 46.7 Å². The standard InChI is InChI=1S/C42H55N7O9/c1-4-5-24-56-39(52)38(51)46-15-11-31(12-16-46)45-20-22-47(23-21-45)37(50)35(27-29-25-28(2)36-34(26-29)57-41(54)44(36)3)58-42(55)48-17-13-32(14-18-48)49-19-10-30-8-6-7-9-33(30)43-40(49)53/h6-9,25-26,31-32,35H,4-5,10-24,27H2,1-3H3,(H,43,53)/t35-/m1/s1. The van der Waals surface area contributed by atoms with Crippen molar-refractivity contribution in [1.29, 1.82) is 0 Å². The first-order valence-electron chi connectivity index (χ1n) is 20.7. The second-order valence-corrected chi connectivity index (χ2v) is 15.9. The Labute approximate surface area is 337 Å². The number of aromatic nitrogens is 1. The van der Waals surface area contributed by atoms with Gasteiger partial charge in [-0.25, -0.2) is 19.2 Å². The number of carbonyl (C=O) groups excluding carboxylic acids is 5. The van der Waals surface area contributed by atoms with Crippen molar-refractivity contribution in [2.24, 2.45) is 7.05 Å². The molecule has 0 bridgehead atoms. The lowest BCUT2D eigenvalue weighted by molar-refractivity contribution is -0.161. The summed E-state index contributed by atoms with van der Waals surface area (Å²) in [4.78, 5) is 87.6. The Balaban J connectivity index is 0.971. The second-order valence-electron chi connectivity index (χ2n) is 15.9. The molecule has 5 heterocycles. The van der Waals surface area contributed by atoms with Gasteiger partial charge in [0.05, 0.1) is 12.1 Å². The number of hydrogen-bond donors (Lipinski definition) is 1. The van der Waals surface area contributed by atoms with Gasteiger partial charge in [0.2, 0.25) is 0 Å². The maximum Gasteiger partial charge on any atom is 0.419 e. The summed E-state index contributed by atoms with van der Waals surface area (Å²) in [5.74, 6) is -2.16. The smallest absolute Gasteiger partial charge is 0.419 e. The van der Waals surface area contributed by atoms with Crippen molar-refractivity contribution in [1.82, 2.24) is 29.1 Å². The summed E-state index contributed by atoms with van der Waals surface area (Å²) in [5.41, 5.74) is 4.49. The number of para-hydroxylation sites is 1. The van der Waals surface area contributed by atoms with Crippen molar-refractivity contribution in [3.05, 3.63) is 63.6 Å². The van der Waals surface area contributed by atoms with Gasteiger partial charge in [-0.2, -0.15) is 0 Å². The van der Waals surface area contributed by atoms with Crippen LogP contribution in [0.5, 0.6) is 0 Å². The molecule has 16 nitrogen and oxygen atoms in total. The van der Waals surface area contributed by atoms with Gasteiger partial charge in [0.1, 0.15) is 0 Å². The van der Waals surface area contributed by atoms with E-state index >= 15 is 0 Å². The fourth-order valence-corrected chi connectivity index (χ4v) is 8.83. The molecule has 1 N–H and O–H groups in total. The molecule has 3 aromatic rings. The van der Waals surface area contributed by atoms with E-state index in [0.717, 1.165) is 36.1 Å². The van der Waals surface area contributed by atoms with Crippen LogP contribution in [0.15, 0.2) is 45.6 Å². The number of oxazole rings is 1. The van der Waals surface area contributed by atoms with Crippen LogP contribution < -0.4 is 11.1 Å². The molecule has 0 spiro atoms. The number of esters is 1. The number of rotatable bonds is 9. The van der Waals surface area contributed by atoms with Crippen LogP contribution in [0.2, 0.25) is 0 Å². The Morgan fingerprint density at radius 2 is 1.55 bits per heavy atom. The lowest BCUT2D eigenvalue weighted by atomic mass is 10.0. The van der Waals surface area contributed by atoms with E-state index in [0.29, 0.717) is 101 Å². The molecule has 4 aliphatic rings. The molecule has 0 aliphatic carbocycles. The number of urea groups is 1. The second kappa shape index (κ2) is 18.0. The maximum absolute atomic E-state index is 14.3. The van der Waals surface area contributed by atoms with Gasteiger partial charge in [0.15, 0.2) is 11.7 Å². The average Bonchev–Trinajstić information content (AvgIpc) is 3.41. The van der Waals surface area contributed by atoms with E-state index in [1.54, 1.807) is 27.8 Å². The summed E-state index contributed by atoms with van der Waals surface area (Å²) < 4.78 is 18.1. The Morgan fingerprint density at radius 3 is 2.28 bits per heavy atom. The molecule has 16 heteroatoms. The third-order valence-electron chi connectivity index (χ3n) is 12.2. The number of benzene rings is 2. The lowest BCUT2D eigenvalue weighted by Crippen LogP contribution is -2.57. The van der Waals surface area contributed by atoms with E-state index in [9.17, 15) is 28.8 Å². The van der Waals surface area contributed by atoms with E-state index in [2.05, 4.69) is 10.2 Å². The predicted octanol–water partition coefficient (Wildman–Crippen LogP) is 3.52. The van der Waals surface area contributed by atoms with Crippen LogP contribution in [0.1, 0.15) is 62.1 Å². The van der Waals surface area contributed by atoms with Crippen molar-refractivity contribution in [2.75, 3.05) is 70.8 Å². The van der Waals surface area contributed by atoms with Crippen LogP contribution >= 0.6 is 0 Å². The van der Waals surface area contributed by atoms with Gasteiger partial charge in [0, 0.05) is 90.1 Å². The first-order chi connectivity index (χ1) is 28.0. The molecule has 5 amide bonds. The minimum absolute atomic E-state index is 0.0397. The zero-order valence-corrected chi connectivity index (χ0v) is 33.8. The predicted molar refractivity (Wildman–Crippen MR) is 214 cm³/mol. The number of anilines is 1. The summed E-state index contributed by atoms with van der Waals surface area (Å²) in [7, 11) is 1.64. The lowest BCUT2D eigenvalue weighted by Gasteiger charge is -2.43. The number of piperidine rings is 2. The molecule has 2 aromatic carbocycles. The highest BCUT2D eigenvalue weighted by Crippen LogP contribution is 2.27. The van der Waals surface area contributed by atoms with E-state index in [-0.39, 0.29) is 37.0 Å². The van der Waals surface area contributed by atoms with E-state index in [1.165, 1.54) is 4.57 Å². The highest BCUT2D eigenvalue weighted by molar-refractivity contribution is 6.32. The molecular formula is C42H55N7O9. The van der Waals surface area contributed by atoms with E-state index in [1.807, 2.05) is 49.1 Å². The summed E-state index contributed by atoms with van der Waals surface area (Å²) in [6.45, 7) is 8.49. The van der Waals surface area contributed by atoms with Crippen LogP contribution in [0, 0.1) is 6.92 Å². The van der Waals surface area contributed by atoms with Crippen LogP contribution in [0.25, 0.3) is 11.1 Å². The minimum Gasteiger partial charge on any atom is -0.459 e. The van der Waals surface area contributed by atoms with Gasteiger partial charge >= 0.3 is 29.8 Å². The quantitative estimate of drug-likeness (QED) is 0.192. The van der Waals surface area contributed by atoms with E-state index < -0.39 is 29.8 Å². The van der Waals surface area contributed by atoms with Crippen LogP contribution in [0.4, 0.5) is 15.3 Å². The first-order valence-corrected chi connectivity index (χ1v) is 20.7. The molecule has 312 valence electrons. The van der Waals surface area contributed by atoms with Gasteiger partial charge < -0.3 is 38.8 Å². The summed E-state index contributed by atoms with van der Waals surface area (Å²) in [5, 5.41) is 3.04. The summed E-state index contributed by atoms with van der Waals surface area (Å²) in [6, 6.07) is 11.5. The molecule has 0 radical (unpaired) electrons. The number of carbonyl (C=O) groups is 5. The van der Waals surface area contributed by atoms with Crippen molar-refractivity contribution in [3.63, 3.8) is 0 Å². The fourth-order valence-electron chi connectivity index (χ4n) is 8.83. The van der Waals surface area contributed by atoms with Crippen LogP contribution in [-0.4, -0.2) is 143 Å². The number of hydrogen-bond acceptors (Lipinski definition) is 10. The maximum atomic E-state index is 14.3. The van der Waals surface area contributed by atoms with Crippen LogP contribution in [0.3, 0.4) is 0 Å². The van der Waals surface area contributed by atoms with Gasteiger partial charge in [-0.15, -0.1) is 0 Å². The molecular weight excluding hydrogens is 747 g/mol. The number of ether oxygens (including phenoxy) is 2. The summed E-state index contributed by atoms with van der Waals surface area (Å²) in [6.07, 6.45) is 3.32. The third-order valence-corrected chi connectivity index (χ3v) is 12.2. The molecule has 0 unspecified atom stereocenters. The van der Waals surface area contributed by atoms with Crippen molar-refractivity contribution in [2.45, 2.75) is 83.4 Å². The SMILES string of the molecule is CCCCOC(=O)C(=O)N1CCC(N2CCN(C(=O)[C@@H](Cc3cc(C)c4c(c3)oc(=O)n4C)OC(=O)N3CCC(N4CCc5ccccc5NC4=O)CC3)CC2)CC1. The zero-order chi connectivity index (χ0) is 40.9. The monoisotopic (exact) mass is 801 g/mol. The van der Waals surface area contributed by atoms with Crippen molar-refractivity contribution < 1.29 is 37.9 Å². The number of nitrogens with one attached hydrogen (secondary N) is 1. The number of piperazine rings is 1. The minimum atomic E-state index is -1.12. The number of nitrogens with zero attached hydrogens (tertiary/aromatic N) is 6. The first kappa shape index (κ1) is 40.8.